The molecule has 1 unspecified atom stereocenters. The van der Waals surface area contributed by atoms with E-state index in [0.29, 0.717) is 30.3 Å². The van der Waals surface area contributed by atoms with Gasteiger partial charge in [-0.25, -0.2) is 8.42 Å². The number of benzene rings is 1. The Labute approximate surface area is 133 Å². The number of halogens is 1. The molecule has 1 aromatic rings. The zero-order valence-electron chi connectivity index (χ0n) is 12.4. The van der Waals surface area contributed by atoms with Crippen LogP contribution in [0.4, 0.5) is 0 Å². The van der Waals surface area contributed by atoms with Gasteiger partial charge in [-0.15, -0.1) is 12.4 Å². The summed E-state index contributed by atoms with van der Waals surface area (Å²) >= 11 is 0. The molecule has 21 heavy (non-hydrogen) atoms. The molecule has 1 aliphatic rings. The Balaban J connectivity index is 0.00000220. The maximum Gasteiger partial charge on any atom is 0.243 e. The first-order valence-corrected chi connectivity index (χ1v) is 8.42. The van der Waals surface area contributed by atoms with E-state index in [0.717, 1.165) is 12.8 Å². The number of piperidine rings is 1. The quantitative estimate of drug-likeness (QED) is 0.893. The molecular weight excluding hydrogens is 312 g/mol. The van der Waals surface area contributed by atoms with Gasteiger partial charge in [-0.2, -0.15) is 4.31 Å². The Kier molecular flexibility index (Phi) is 6.93. The highest BCUT2D eigenvalue weighted by molar-refractivity contribution is 7.89. The minimum absolute atomic E-state index is 0. The van der Waals surface area contributed by atoms with Crippen LogP contribution in [0.5, 0.6) is 5.75 Å². The van der Waals surface area contributed by atoms with Crippen molar-refractivity contribution in [1.82, 2.24) is 9.62 Å². The summed E-state index contributed by atoms with van der Waals surface area (Å²) in [5.74, 6) is 0.693. The Morgan fingerprint density at radius 2 is 2.00 bits per heavy atom. The van der Waals surface area contributed by atoms with Gasteiger partial charge in [0.05, 0.1) is 11.5 Å². The first-order chi connectivity index (χ1) is 9.57. The van der Waals surface area contributed by atoms with Crippen LogP contribution in [0.2, 0.25) is 0 Å². The van der Waals surface area contributed by atoms with Crippen LogP contribution < -0.4 is 10.1 Å². The smallest absolute Gasteiger partial charge is 0.243 e. The highest BCUT2D eigenvalue weighted by atomic mass is 35.5. The number of nitrogens with zero attached hydrogens (tertiary/aromatic N) is 1. The summed E-state index contributed by atoms with van der Waals surface area (Å²) in [5, 5.41) is 3.16. The summed E-state index contributed by atoms with van der Waals surface area (Å²) in [6, 6.07) is 6.87. The van der Waals surface area contributed by atoms with E-state index in [-0.39, 0.29) is 18.4 Å². The predicted octanol–water partition coefficient (Wildman–Crippen LogP) is 1.88. The summed E-state index contributed by atoms with van der Waals surface area (Å²) in [4.78, 5) is 0.331. The number of likely N-dealkylation sites (N-methyl/N-ethyl adjacent to an activating group) is 1. The van der Waals surface area contributed by atoms with E-state index >= 15 is 0 Å². The van der Waals surface area contributed by atoms with Gasteiger partial charge in [0, 0.05) is 19.1 Å². The van der Waals surface area contributed by atoms with Crippen LogP contribution in [0, 0.1) is 0 Å². The van der Waals surface area contributed by atoms with Crippen LogP contribution in [0.15, 0.2) is 29.2 Å². The number of sulfonamides is 1. The lowest BCUT2D eigenvalue weighted by Gasteiger charge is -2.31. The Morgan fingerprint density at radius 3 is 2.57 bits per heavy atom. The molecule has 2 rings (SSSR count). The van der Waals surface area contributed by atoms with Gasteiger partial charge in [-0.1, -0.05) is 0 Å². The second-order valence-corrected chi connectivity index (χ2v) is 6.83. The topological polar surface area (TPSA) is 58.6 Å². The molecule has 1 saturated heterocycles. The molecule has 0 amide bonds. The molecule has 1 N–H and O–H groups in total. The second kappa shape index (κ2) is 7.98. The lowest BCUT2D eigenvalue weighted by molar-refractivity contribution is 0.293. The average Bonchev–Trinajstić information content (AvgIpc) is 2.48. The van der Waals surface area contributed by atoms with Crippen molar-refractivity contribution in [2.45, 2.75) is 30.7 Å². The van der Waals surface area contributed by atoms with Crippen molar-refractivity contribution >= 4 is 22.4 Å². The van der Waals surface area contributed by atoms with E-state index in [9.17, 15) is 8.42 Å². The molecule has 120 valence electrons. The minimum Gasteiger partial charge on any atom is -0.494 e. The van der Waals surface area contributed by atoms with Crippen molar-refractivity contribution in [2.75, 3.05) is 26.7 Å². The molecule has 0 saturated carbocycles. The van der Waals surface area contributed by atoms with Gasteiger partial charge < -0.3 is 10.1 Å². The Morgan fingerprint density at radius 1 is 1.33 bits per heavy atom. The number of hydrogen-bond donors (Lipinski definition) is 1. The SMILES string of the molecule is CCOc1ccc(S(=O)(=O)N2CCCC(NC)C2)cc1.Cl. The lowest BCUT2D eigenvalue weighted by Crippen LogP contribution is -2.46. The van der Waals surface area contributed by atoms with Crippen LogP contribution in [0.1, 0.15) is 19.8 Å². The van der Waals surface area contributed by atoms with Crippen LogP contribution in [-0.2, 0) is 10.0 Å². The lowest BCUT2D eigenvalue weighted by atomic mass is 10.1. The second-order valence-electron chi connectivity index (χ2n) is 4.90. The third kappa shape index (κ3) is 4.32. The minimum atomic E-state index is -3.40. The molecule has 5 nitrogen and oxygen atoms in total. The van der Waals surface area contributed by atoms with Crippen LogP contribution in [0.25, 0.3) is 0 Å². The predicted molar refractivity (Wildman–Crippen MR) is 85.7 cm³/mol. The van der Waals surface area contributed by atoms with Crippen molar-refractivity contribution in [2.24, 2.45) is 0 Å². The number of ether oxygens (including phenoxy) is 1. The monoisotopic (exact) mass is 334 g/mol. The highest BCUT2D eigenvalue weighted by Gasteiger charge is 2.29. The van der Waals surface area contributed by atoms with E-state index in [4.69, 9.17) is 4.74 Å². The normalized spacial score (nSPS) is 19.8. The molecule has 7 heteroatoms. The van der Waals surface area contributed by atoms with E-state index < -0.39 is 10.0 Å². The summed E-state index contributed by atoms with van der Waals surface area (Å²) in [5.41, 5.74) is 0. The van der Waals surface area contributed by atoms with Gasteiger partial charge >= 0.3 is 0 Å². The first-order valence-electron chi connectivity index (χ1n) is 6.98. The van der Waals surface area contributed by atoms with Crippen LogP contribution in [-0.4, -0.2) is 45.5 Å². The summed E-state index contributed by atoms with van der Waals surface area (Å²) in [6.45, 7) is 3.60. The maximum atomic E-state index is 12.6. The van der Waals surface area contributed by atoms with Gasteiger partial charge in [0.2, 0.25) is 10.0 Å². The average molecular weight is 335 g/mol. The van der Waals surface area contributed by atoms with E-state index in [1.807, 2.05) is 14.0 Å². The van der Waals surface area contributed by atoms with Gasteiger partial charge in [0.25, 0.3) is 0 Å². The molecule has 1 atom stereocenters. The van der Waals surface area contributed by atoms with Crippen LogP contribution >= 0.6 is 12.4 Å². The third-order valence-electron chi connectivity index (χ3n) is 3.56. The Hall–Kier alpha value is -0.820. The molecule has 1 aromatic carbocycles. The Bertz CT molecular complexity index is 534. The fourth-order valence-corrected chi connectivity index (χ4v) is 3.94. The van der Waals surface area contributed by atoms with E-state index in [2.05, 4.69) is 5.32 Å². The maximum absolute atomic E-state index is 12.6. The molecule has 1 aliphatic heterocycles. The van der Waals surface area contributed by atoms with Gasteiger partial charge in [-0.3, -0.25) is 0 Å². The molecule has 1 heterocycles. The first kappa shape index (κ1) is 18.2. The molecule has 0 aromatic heterocycles. The van der Waals surface area contributed by atoms with Crippen molar-refractivity contribution < 1.29 is 13.2 Å². The fraction of sp³-hybridized carbons (Fsp3) is 0.571. The van der Waals surface area contributed by atoms with Crippen molar-refractivity contribution in [1.29, 1.82) is 0 Å². The highest BCUT2D eigenvalue weighted by Crippen LogP contribution is 2.22. The fourth-order valence-electron chi connectivity index (χ4n) is 2.42. The standard InChI is InChI=1S/C14H22N2O3S.ClH/c1-3-19-13-6-8-14(9-7-13)20(17,18)16-10-4-5-12(11-16)15-2;/h6-9,12,15H,3-5,10-11H2,1-2H3;1H. The van der Waals surface area contributed by atoms with E-state index in [1.165, 1.54) is 0 Å². The molecular formula is C14H23ClN2O3S. The zero-order chi connectivity index (χ0) is 14.6. The molecule has 0 aliphatic carbocycles. The zero-order valence-corrected chi connectivity index (χ0v) is 14.0. The van der Waals surface area contributed by atoms with Gasteiger partial charge in [-0.05, 0) is 51.1 Å². The molecule has 1 fully saturated rings. The van der Waals surface area contributed by atoms with Crippen molar-refractivity contribution in [3.8, 4) is 5.75 Å². The van der Waals surface area contributed by atoms with Gasteiger partial charge in [0.15, 0.2) is 0 Å². The van der Waals surface area contributed by atoms with Crippen molar-refractivity contribution in [3.05, 3.63) is 24.3 Å². The van der Waals surface area contributed by atoms with Crippen LogP contribution in [0.3, 0.4) is 0 Å². The summed E-state index contributed by atoms with van der Waals surface area (Å²) in [7, 11) is -1.53. The number of rotatable bonds is 5. The summed E-state index contributed by atoms with van der Waals surface area (Å²) < 4.78 is 32.0. The number of hydrogen-bond acceptors (Lipinski definition) is 4. The van der Waals surface area contributed by atoms with Gasteiger partial charge in [0.1, 0.15) is 5.75 Å². The molecule has 0 radical (unpaired) electrons. The third-order valence-corrected chi connectivity index (χ3v) is 5.44. The van der Waals surface area contributed by atoms with Crippen molar-refractivity contribution in [3.63, 3.8) is 0 Å². The largest absolute Gasteiger partial charge is 0.494 e. The summed E-state index contributed by atoms with van der Waals surface area (Å²) in [6.07, 6.45) is 1.91. The molecule has 0 spiro atoms. The number of nitrogens with one attached hydrogen (secondary N) is 1. The molecule has 0 bridgehead atoms. The van der Waals surface area contributed by atoms with E-state index in [1.54, 1.807) is 28.6 Å².